The molecule has 0 heterocycles. The molecule has 0 bridgehead atoms. The molecule has 0 fully saturated rings. The lowest BCUT2D eigenvalue weighted by atomic mass is 10.5. The summed E-state index contributed by atoms with van der Waals surface area (Å²) in [6, 6.07) is 0. The van der Waals surface area contributed by atoms with E-state index in [2.05, 4.69) is 15.6 Å². The summed E-state index contributed by atoms with van der Waals surface area (Å²) >= 11 is 0. The molecule has 0 aliphatic carbocycles. The average molecular weight is 193 g/mol. The van der Waals surface area contributed by atoms with Crippen molar-refractivity contribution in [1.29, 1.82) is 0 Å². The fourth-order valence-corrected chi connectivity index (χ4v) is 0.900. The van der Waals surface area contributed by atoms with Crippen molar-refractivity contribution in [3.8, 4) is 0 Å². The van der Waals surface area contributed by atoms with Gasteiger partial charge in [0.15, 0.2) is 0 Å². The van der Waals surface area contributed by atoms with Gasteiger partial charge in [0, 0.05) is 4.57 Å². The van der Waals surface area contributed by atoms with Crippen molar-refractivity contribution in [1.82, 2.24) is 0 Å². The van der Waals surface area contributed by atoms with Crippen molar-refractivity contribution in [3.05, 3.63) is 12.7 Å². The quantitative estimate of drug-likeness (QED) is 0.487. The van der Waals surface area contributed by atoms with E-state index >= 15 is 0 Å². The van der Waals surface area contributed by atoms with Gasteiger partial charge in [-0.1, -0.05) is 6.08 Å². The van der Waals surface area contributed by atoms with Crippen LogP contribution in [0.2, 0.25) is 0 Å². The topological polar surface area (TPSA) is 72.8 Å². The molecule has 0 aliphatic rings. The van der Waals surface area contributed by atoms with E-state index in [-0.39, 0.29) is 19.6 Å². The SMILES string of the molecule is C=CCO[P+](=O)OCCC(=O)O. The van der Waals surface area contributed by atoms with Crippen LogP contribution in [-0.4, -0.2) is 24.3 Å². The zero-order valence-electron chi connectivity index (χ0n) is 6.43. The summed E-state index contributed by atoms with van der Waals surface area (Å²) in [6.45, 7) is 3.36. The summed E-state index contributed by atoms with van der Waals surface area (Å²) in [4.78, 5) is 9.96. The predicted octanol–water partition coefficient (Wildman–Crippen LogP) is 1.34. The van der Waals surface area contributed by atoms with Gasteiger partial charge in [-0.15, -0.1) is 15.6 Å². The van der Waals surface area contributed by atoms with E-state index < -0.39 is 14.2 Å². The second-order valence-electron chi connectivity index (χ2n) is 1.79. The van der Waals surface area contributed by atoms with Gasteiger partial charge in [-0.3, -0.25) is 4.79 Å². The zero-order chi connectivity index (χ0) is 9.40. The first-order valence-corrected chi connectivity index (χ1v) is 4.32. The highest BCUT2D eigenvalue weighted by Crippen LogP contribution is 2.23. The number of hydrogen-bond acceptors (Lipinski definition) is 4. The molecule has 6 heteroatoms. The van der Waals surface area contributed by atoms with E-state index in [4.69, 9.17) is 5.11 Å². The van der Waals surface area contributed by atoms with Gasteiger partial charge < -0.3 is 5.11 Å². The summed E-state index contributed by atoms with van der Waals surface area (Å²) in [5.41, 5.74) is 0. The van der Waals surface area contributed by atoms with Crippen molar-refractivity contribution in [2.24, 2.45) is 0 Å². The van der Waals surface area contributed by atoms with Gasteiger partial charge in [-0.2, -0.15) is 0 Å². The largest absolute Gasteiger partial charge is 0.697 e. The molecule has 0 amide bonds. The molecule has 0 saturated carbocycles. The first kappa shape index (κ1) is 11.2. The Labute approximate surface area is 70.9 Å². The highest BCUT2D eigenvalue weighted by molar-refractivity contribution is 7.33. The Morgan fingerprint density at radius 1 is 1.58 bits per heavy atom. The van der Waals surface area contributed by atoms with Crippen molar-refractivity contribution < 1.29 is 23.5 Å². The van der Waals surface area contributed by atoms with Crippen LogP contribution in [-0.2, 0) is 18.4 Å². The third-order valence-corrected chi connectivity index (χ3v) is 1.56. The van der Waals surface area contributed by atoms with Crippen molar-refractivity contribution >= 4 is 14.2 Å². The molecule has 1 N–H and O–H groups in total. The van der Waals surface area contributed by atoms with Gasteiger partial charge in [0.05, 0.1) is 6.42 Å². The van der Waals surface area contributed by atoms with Crippen LogP contribution in [0.25, 0.3) is 0 Å². The Morgan fingerprint density at radius 2 is 2.25 bits per heavy atom. The normalized spacial score (nSPS) is 10.8. The Morgan fingerprint density at radius 3 is 2.75 bits per heavy atom. The summed E-state index contributed by atoms with van der Waals surface area (Å²) < 4.78 is 19.7. The number of rotatable bonds is 7. The summed E-state index contributed by atoms with van der Waals surface area (Å²) in [6.07, 6.45) is 1.24. The second-order valence-corrected chi connectivity index (χ2v) is 2.75. The van der Waals surface area contributed by atoms with Gasteiger partial charge in [-0.25, -0.2) is 0 Å². The van der Waals surface area contributed by atoms with Crippen molar-refractivity contribution in [3.63, 3.8) is 0 Å². The third-order valence-electron chi connectivity index (χ3n) is 0.810. The lowest BCUT2D eigenvalue weighted by Crippen LogP contribution is -1.99. The lowest BCUT2D eigenvalue weighted by Gasteiger charge is -1.86. The molecule has 1 unspecified atom stereocenters. The van der Waals surface area contributed by atoms with Crippen LogP contribution in [0.4, 0.5) is 0 Å². The molecule has 68 valence electrons. The molecule has 0 rings (SSSR count). The maximum Gasteiger partial charge on any atom is 0.697 e. The fourth-order valence-electron chi connectivity index (χ4n) is 0.358. The minimum absolute atomic E-state index is 0.109. The highest BCUT2D eigenvalue weighted by atomic mass is 31.1. The molecule has 0 radical (unpaired) electrons. The van der Waals surface area contributed by atoms with Gasteiger partial charge in [0.2, 0.25) is 0 Å². The van der Waals surface area contributed by atoms with E-state index in [1.165, 1.54) is 6.08 Å². The van der Waals surface area contributed by atoms with E-state index in [1.807, 2.05) is 0 Å². The molecule has 0 saturated heterocycles. The molecule has 0 aromatic heterocycles. The third kappa shape index (κ3) is 7.34. The van der Waals surface area contributed by atoms with Crippen LogP contribution < -0.4 is 0 Å². The first-order valence-electron chi connectivity index (χ1n) is 3.22. The van der Waals surface area contributed by atoms with E-state index in [0.29, 0.717) is 0 Å². The minimum Gasteiger partial charge on any atom is -0.481 e. The average Bonchev–Trinajstić information content (AvgIpc) is 2.00. The number of hydrogen-bond donors (Lipinski definition) is 1. The Hall–Kier alpha value is -0.770. The zero-order valence-corrected chi connectivity index (χ0v) is 7.33. The van der Waals surface area contributed by atoms with Crippen molar-refractivity contribution in [2.75, 3.05) is 13.2 Å². The van der Waals surface area contributed by atoms with Gasteiger partial charge in [0.25, 0.3) is 0 Å². The van der Waals surface area contributed by atoms with Crippen LogP contribution in [0, 0.1) is 0 Å². The number of aliphatic carboxylic acids is 1. The van der Waals surface area contributed by atoms with Crippen molar-refractivity contribution in [2.45, 2.75) is 6.42 Å². The smallest absolute Gasteiger partial charge is 0.481 e. The molecule has 1 atom stereocenters. The van der Waals surface area contributed by atoms with E-state index in [0.717, 1.165) is 0 Å². The summed E-state index contributed by atoms with van der Waals surface area (Å²) in [7, 11) is -2.20. The van der Waals surface area contributed by atoms with E-state index in [9.17, 15) is 9.36 Å². The Bertz CT molecular complexity index is 179. The highest BCUT2D eigenvalue weighted by Gasteiger charge is 2.19. The lowest BCUT2D eigenvalue weighted by molar-refractivity contribution is -0.137. The maximum atomic E-state index is 10.6. The Kier molecular flexibility index (Phi) is 6.47. The number of carbonyl (C=O) groups is 1. The first-order chi connectivity index (χ1) is 5.66. The monoisotopic (exact) mass is 193 g/mol. The van der Waals surface area contributed by atoms with Crippen LogP contribution in [0.5, 0.6) is 0 Å². The molecular weight excluding hydrogens is 183 g/mol. The second kappa shape index (κ2) is 6.91. The molecule has 5 nitrogen and oxygen atoms in total. The van der Waals surface area contributed by atoms with Gasteiger partial charge >= 0.3 is 14.2 Å². The standard InChI is InChI=1S/C6H9O5P/c1-2-4-10-12(9)11-5-3-6(7)8/h2H,1,3-5H2/p+1. The van der Waals surface area contributed by atoms with Gasteiger partial charge in [0.1, 0.15) is 13.2 Å². The van der Waals surface area contributed by atoms with Gasteiger partial charge in [-0.05, 0) is 0 Å². The molecule has 0 aromatic rings. The molecule has 0 spiro atoms. The molecule has 0 aliphatic heterocycles. The van der Waals surface area contributed by atoms with E-state index in [1.54, 1.807) is 0 Å². The minimum atomic E-state index is -2.20. The predicted molar refractivity (Wildman–Crippen MR) is 42.0 cm³/mol. The Balaban J connectivity index is 3.31. The molecular formula is C6H10O5P+. The molecule has 0 aromatic carbocycles. The number of carboxylic acids is 1. The van der Waals surface area contributed by atoms with Crippen LogP contribution in [0.1, 0.15) is 6.42 Å². The maximum absolute atomic E-state index is 10.6. The summed E-state index contributed by atoms with van der Waals surface area (Å²) in [5, 5.41) is 8.17. The fraction of sp³-hybridized carbons (Fsp3) is 0.500. The summed E-state index contributed by atoms with van der Waals surface area (Å²) in [5.74, 6) is -0.998. The van der Waals surface area contributed by atoms with Crippen LogP contribution >= 0.6 is 8.25 Å². The van der Waals surface area contributed by atoms with Crippen LogP contribution in [0.3, 0.4) is 0 Å². The molecule has 12 heavy (non-hydrogen) atoms. The number of carboxylic acid groups (broad SMARTS) is 1. The van der Waals surface area contributed by atoms with Crippen LogP contribution in [0.15, 0.2) is 12.7 Å².